The summed E-state index contributed by atoms with van der Waals surface area (Å²) in [5.74, 6) is -0.952. The normalized spacial score (nSPS) is 22.3. The molecule has 2 atom stereocenters. The number of benzene rings is 2. The van der Waals surface area contributed by atoms with Crippen molar-refractivity contribution in [3.63, 3.8) is 0 Å². The average Bonchev–Trinajstić information content (AvgIpc) is 3.15. The molecule has 0 spiro atoms. The van der Waals surface area contributed by atoms with Crippen LogP contribution < -0.4 is 4.90 Å². The van der Waals surface area contributed by atoms with Gasteiger partial charge in [-0.1, -0.05) is 6.07 Å². The largest absolute Gasteiger partial charge is 0.365 e. The molecule has 0 aromatic heterocycles. The molecule has 2 fully saturated rings. The zero-order valence-corrected chi connectivity index (χ0v) is 13.4. The van der Waals surface area contributed by atoms with Crippen LogP contribution in [0.5, 0.6) is 0 Å². The summed E-state index contributed by atoms with van der Waals surface area (Å²) >= 11 is 0. The topological polar surface area (TPSA) is 23.6 Å². The molecular weight excluding hydrogens is 310 g/mol. The monoisotopic (exact) mass is 328 g/mol. The number of fused-ring (bicyclic) bond motifs is 2. The van der Waals surface area contributed by atoms with Crippen LogP contribution in [-0.2, 0) is 0 Å². The fraction of sp³-hybridized carbons (Fsp3) is 0.316. The van der Waals surface area contributed by atoms with Gasteiger partial charge in [0.15, 0.2) is 0 Å². The fourth-order valence-corrected chi connectivity index (χ4v) is 3.81. The fourth-order valence-electron chi connectivity index (χ4n) is 3.81. The lowest BCUT2D eigenvalue weighted by molar-refractivity contribution is 0.0721. The first-order chi connectivity index (χ1) is 11.5. The SMILES string of the molecule is Cc1ccc(C(=O)N2CC3CC2CN3c2ccc(F)cc2)c(F)c1. The summed E-state index contributed by atoms with van der Waals surface area (Å²) in [6, 6.07) is 11.4. The Labute approximate surface area is 139 Å². The molecule has 0 saturated carbocycles. The van der Waals surface area contributed by atoms with Crippen LogP contribution in [0.2, 0.25) is 0 Å². The van der Waals surface area contributed by atoms with Gasteiger partial charge in [0.25, 0.3) is 5.91 Å². The van der Waals surface area contributed by atoms with Crippen LogP contribution >= 0.6 is 0 Å². The second-order valence-corrected chi connectivity index (χ2v) is 6.61. The molecule has 1 amide bonds. The Bertz CT molecular complexity index is 790. The van der Waals surface area contributed by atoms with Gasteiger partial charge in [-0.2, -0.15) is 0 Å². The minimum atomic E-state index is -0.460. The molecule has 0 aliphatic carbocycles. The molecule has 2 unspecified atom stereocenters. The first-order valence-electron chi connectivity index (χ1n) is 8.12. The van der Waals surface area contributed by atoms with Gasteiger partial charge in [-0.15, -0.1) is 0 Å². The third kappa shape index (κ3) is 2.44. The molecule has 2 heterocycles. The number of nitrogens with zero attached hydrogens (tertiary/aromatic N) is 2. The van der Waals surface area contributed by atoms with Crippen molar-refractivity contribution in [3.8, 4) is 0 Å². The van der Waals surface area contributed by atoms with Crippen LogP contribution in [0, 0.1) is 18.6 Å². The Morgan fingerprint density at radius 1 is 1.04 bits per heavy atom. The Kier molecular flexibility index (Phi) is 3.52. The van der Waals surface area contributed by atoms with E-state index in [-0.39, 0.29) is 29.4 Å². The smallest absolute Gasteiger partial charge is 0.257 e. The molecule has 2 aliphatic heterocycles. The van der Waals surface area contributed by atoms with E-state index in [0.29, 0.717) is 13.1 Å². The Balaban J connectivity index is 1.52. The lowest BCUT2D eigenvalue weighted by atomic mass is 10.1. The summed E-state index contributed by atoms with van der Waals surface area (Å²) in [6.07, 6.45) is 0.872. The van der Waals surface area contributed by atoms with E-state index >= 15 is 0 Å². The van der Waals surface area contributed by atoms with E-state index in [1.54, 1.807) is 36.1 Å². The molecule has 2 aliphatic rings. The van der Waals surface area contributed by atoms with E-state index in [1.807, 2.05) is 0 Å². The first-order valence-corrected chi connectivity index (χ1v) is 8.12. The average molecular weight is 328 g/mol. The van der Waals surface area contributed by atoms with Gasteiger partial charge in [0.05, 0.1) is 11.6 Å². The van der Waals surface area contributed by atoms with Gasteiger partial charge in [0, 0.05) is 24.8 Å². The number of halogens is 2. The van der Waals surface area contributed by atoms with Crippen molar-refractivity contribution in [2.24, 2.45) is 0 Å². The highest BCUT2D eigenvalue weighted by atomic mass is 19.1. The number of rotatable bonds is 2. The summed E-state index contributed by atoms with van der Waals surface area (Å²) in [4.78, 5) is 16.7. The number of carbonyl (C=O) groups is 1. The highest BCUT2D eigenvalue weighted by Gasteiger charge is 2.45. The van der Waals surface area contributed by atoms with Crippen molar-refractivity contribution in [1.29, 1.82) is 0 Å². The molecule has 0 radical (unpaired) electrons. The molecule has 2 aromatic rings. The van der Waals surface area contributed by atoms with Gasteiger partial charge in [-0.25, -0.2) is 8.78 Å². The van der Waals surface area contributed by atoms with Crippen molar-refractivity contribution >= 4 is 11.6 Å². The summed E-state index contributed by atoms with van der Waals surface area (Å²) in [5.41, 5.74) is 1.91. The van der Waals surface area contributed by atoms with Gasteiger partial charge in [0.1, 0.15) is 11.6 Å². The second kappa shape index (κ2) is 5.58. The molecule has 2 aromatic carbocycles. The summed E-state index contributed by atoms with van der Waals surface area (Å²) in [5, 5.41) is 0. The van der Waals surface area contributed by atoms with E-state index in [2.05, 4.69) is 4.90 Å². The zero-order valence-electron chi connectivity index (χ0n) is 13.4. The number of hydrogen-bond donors (Lipinski definition) is 0. The first kappa shape index (κ1) is 15.1. The minimum Gasteiger partial charge on any atom is -0.365 e. The third-order valence-corrected chi connectivity index (χ3v) is 5.01. The van der Waals surface area contributed by atoms with Crippen LogP contribution in [0.15, 0.2) is 42.5 Å². The van der Waals surface area contributed by atoms with Crippen molar-refractivity contribution < 1.29 is 13.6 Å². The maximum absolute atomic E-state index is 14.1. The number of amides is 1. The van der Waals surface area contributed by atoms with Crippen LogP contribution in [0.25, 0.3) is 0 Å². The van der Waals surface area contributed by atoms with Gasteiger partial charge in [0.2, 0.25) is 0 Å². The van der Waals surface area contributed by atoms with E-state index in [0.717, 1.165) is 17.7 Å². The zero-order chi connectivity index (χ0) is 16.8. The van der Waals surface area contributed by atoms with E-state index in [4.69, 9.17) is 0 Å². The molecule has 5 heteroatoms. The predicted molar refractivity (Wildman–Crippen MR) is 88.1 cm³/mol. The van der Waals surface area contributed by atoms with Gasteiger partial charge in [-0.3, -0.25) is 4.79 Å². The maximum atomic E-state index is 14.1. The van der Waals surface area contributed by atoms with Gasteiger partial charge < -0.3 is 9.80 Å². The highest BCUT2D eigenvalue weighted by molar-refractivity contribution is 5.95. The van der Waals surface area contributed by atoms with E-state index in [1.165, 1.54) is 18.2 Å². The number of piperazine rings is 1. The standard InChI is InChI=1S/C19H18F2N2O/c1-12-2-7-17(18(21)8-12)19(24)23-11-15-9-16(23)10-22(15)14-5-3-13(20)4-6-14/h2-8,15-16H,9-11H2,1H3. The molecular formula is C19H18F2N2O. The van der Waals surface area contributed by atoms with Crippen molar-refractivity contribution in [2.75, 3.05) is 18.0 Å². The summed E-state index contributed by atoms with van der Waals surface area (Å²) in [7, 11) is 0. The van der Waals surface area contributed by atoms with Crippen LogP contribution in [0.4, 0.5) is 14.5 Å². The van der Waals surface area contributed by atoms with Crippen molar-refractivity contribution in [2.45, 2.75) is 25.4 Å². The van der Waals surface area contributed by atoms with Gasteiger partial charge in [-0.05, 0) is 55.3 Å². The Morgan fingerprint density at radius 3 is 2.42 bits per heavy atom. The van der Waals surface area contributed by atoms with E-state index in [9.17, 15) is 13.6 Å². The lowest BCUT2D eigenvalue weighted by Crippen LogP contribution is -2.49. The molecule has 0 N–H and O–H groups in total. The van der Waals surface area contributed by atoms with Crippen molar-refractivity contribution in [3.05, 3.63) is 65.2 Å². The third-order valence-electron chi connectivity index (χ3n) is 5.01. The van der Waals surface area contributed by atoms with Gasteiger partial charge >= 0.3 is 0 Å². The number of hydrogen-bond acceptors (Lipinski definition) is 2. The van der Waals surface area contributed by atoms with Crippen LogP contribution in [0.3, 0.4) is 0 Å². The van der Waals surface area contributed by atoms with Crippen LogP contribution in [0.1, 0.15) is 22.3 Å². The number of carbonyl (C=O) groups excluding carboxylic acids is 1. The minimum absolute atomic E-state index is 0.0771. The summed E-state index contributed by atoms with van der Waals surface area (Å²) in [6.45, 7) is 3.08. The number of anilines is 1. The molecule has 2 saturated heterocycles. The number of likely N-dealkylation sites (tertiary alicyclic amines) is 1. The molecule has 2 bridgehead atoms. The Hall–Kier alpha value is -2.43. The quantitative estimate of drug-likeness (QED) is 0.844. The maximum Gasteiger partial charge on any atom is 0.257 e. The highest BCUT2D eigenvalue weighted by Crippen LogP contribution is 2.35. The molecule has 4 rings (SSSR count). The molecule has 24 heavy (non-hydrogen) atoms. The summed E-state index contributed by atoms with van der Waals surface area (Å²) < 4.78 is 27.2. The number of aryl methyl sites for hydroxylation is 1. The predicted octanol–water partition coefficient (Wildman–Crippen LogP) is 3.38. The molecule has 124 valence electrons. The second-order valence-electron chi connectivity index (χ2n) is 6.61. The van der Waals surface area contributed by atoms with Crippen LogP contribution in [-0.4, -0.2) is 36.0 Å². The van der Waals surface area contributed by atoms with Crippen molar-refractivity contribution in [1.82, 2.24) is 4.90 Å². The Morgan fingerprint density at radius 2 is 1.79 bits per heavy atom. The molecule has 3 nitrogen and oxygen atoms in total. The lowest BCUT2D eigenvalue weighted by Gasteiger charge is -2.35. The van der Waals surface area contributed by atoms with E-state index < -0.39 is 5.82 Å².